The third-order valence-electron chi connectivity index (χ3n) is 3.25. The fourth-order valence-electron chi connectivity index (χ4n) is 2.00. The van der Waals surface area contributed by atoms with E-state index >= 15 is 0 Å². The van der Waals surface area contributed by atoms with Gasteiger partial charge < -0.3 is 9.47 Å². The van der Waals surface area contributed by atoms with Crippen LogP contribution in [0.15, 0.2) is 43.5 Å². The van der Waals surface area contributed by atoms with Crippen LogP contribution < -0.4 is 4.74 Å². The minimum atomic E-state index is 0.710. The van der Waals surface area contributed by atoms with E-state index in [2.05, 4.69) is 18.1 Å². The van der Waals surface area contributed by atoms with E-state index in [0.717, 1.165) is 49.7 Å². The van der Waals surface area contributed by atoms with E-state index in [-0.39, 0.29) is 0 Å². The molecule has 1 saturated heterocycles. The normalized spacial score (nSPS) is 16.0. The summed E-state index contributed by atoms with van der Waals surface area (Å²) in [6.07, 6.45) is 1.76. The lowest BCUT2D eigenvalue weighted by Gasteiger charge is -2.26. The number of hydrogen-bond acceptors (Lipinski definition) is 3. The number of nitrogens with zero attached hydrogens (tertiary/aromatic N) is 1. The van der Waals surface area contributed by atoms with Crippen molar-refractivity contribution in [1.29, 1.82) is 0 Å². The molecule has 0 unspecified atom stereocenters. The average Bonchev–Trinajstić information content (AvgIpc) is 2.48. The Balaban J connectivity index is 1.76. The van der Waals surface area contributed by atoms with Gasteiger partial charge >= 0.3 is 0 Å². The minimum Gasteiger partial charge on any atom is -0.492 e. The minimum absolute atomic E-state index is 0.710. The van der Waals surface area contributed by atoms with Gasteiger partial charge in [-0.1, -0.05) is 31.4 Å². The van der Waals surface area contributed by atoms with Gasteiger partial charge in [-0.3, -0.25) is 4.90 Å². The predicted octanol–water partition coefficient (Wildman–Crippen LogP) is 2.60. The molecule has 0 aromatic heterocycles. The van der Waals surface area contributed by atoms with Crippen LogP contribution in [-0.2, 0) is 4.74 Å². The highest BCUT2D eigenvalue weighted by molar-refractivity contribution is 5.71. The van der Waals surface area contributed by atoms with Crippen LogP contribution in [0.1, 0.15) is 5.56 Å². The molecule has 0 saturated carbocycles. The van der Waals surface area contributed by atoms with Gasteiger partial charge in [-0.15, -0.1) is 0 Å². The molecule has 0 N–H and O–H groups in total. The van der Waals surface area contributed by atoms with E-state index in [1.54, 1.807) is 6.08 Å². The summed E-state index contributed by atoms with van der Waals surface area (Å²) < 4.78 is 11.1. The number of hydrogen-bond donors (Lipinski definition) is 0. The van der Waals surface area contributed by atoms with E-state index in [0.29, 0.717) is 6.61 Å². The molecule has 3 nitrogen and oxygen atoms in total. The van der Waals surface area contributed by atoms with Crippen molar-refractivity contribution in [3.05, 3.63) is 49.1 Å². The van der Waals surface area contributed by atoms with Crippen molar-refractivity contribution in [3.8, 4) is 5.75 Å². The molecule has 0 radical (unpaired) electrons. The Morgan fingerprint density at radius 3 is 2.58 bits per heavy atom. The van der Waals surface area contributed by atoms with E-state index in [9.17, 15) is 0 Å². The molecule has 3 heteroatoms. The van der Waals surface area contributed by atoms with E-state index in [1.165, 1.54) is 0 Å². The van der Waals surface area contributed by atoms with E-state index in [4.69, 9.17) is 9.47 Å². The molecule has 1 aromatic rings. The highest BCUT2D eigenvalue weighted by Crippen LogP contribution is 2.18. The summed E-state index contributed by atoms with van der Waals surface area (Å²) in [4.78, 5) is 2.36. The molecule has 1 fully saturated rings. The lowest BCUT2D eigenvalue weighted by Crippen LogP contribution is -2.38. The zero-order chi connectivity index (χ0) is 13.5. The molecule has 102 valence electrons. The average molecular weight is 259 g/mol. The van der Waals surface area contributed by atoms with Crippen LogP contribution in [0.2, 0.25) is 0 Å². The molecule has 1 aliphatic rings. The Kier molecular flexibility index (Phi) is 5.19. The molecule has 0 bridgehead atoms. The van der Waals surface area contributed by atoms with Gasteiger partial charge in [0.15, 0.2) is 0 Å². The third kappa shape index (κ3) is 4.23. The first kappa shape index (κ1) is 13.8. The van der Waals surface area contributed by atoms with Gasteiger partial charge in [0.25, 0.3) is 0 Å². The standard InChI is InChI=1S/C16H21NO2/c1-3-14(2)15-4-6-16(7-5-15)19-13-10-17-8-11-18-12-9-17/h3-7H,1-2,8-13H2. The molecular weight excluding hydrogens is 238 g/mol. The first-order valence-electron chi connectivity index (χ1n) is 6.64. The van der Waals surface area contributed by atoms with Crippen molar-refractivity contribution in [2.75, 3.05) is 39.5 Å². The molecule has 0 atom stereocenters. The molecule has 19 heavy (non-hydrogen) atoms. The van der Waals surface area contributed by atoms with Crippen LogP contribution >= 0.6 is 0 Å². The molecule has 0 aliphatic carbocycles. The zero-order valence-electron chi connectivity index (χ0n) is 11.3. The van der Waals surface area contributed by atoms with Crippen LogP contribution in [0.3, 0.4) is 0 Å². The summed E-state index contributed by atoms with van der Waals surface area (Å²) in [6.45, 7) is 13.0. The highest BCUT2D eigenvalue weighted by atomic mass is 16.5. The summed E-state index contributed by atoms with van der Waals surface area (Å²) in [5.41, 5.74) is 2.01. The molecule has 1 heterocycles. The van der Waals surface area contributed by atoms with Crippen LogP contribution in [-0.4, -0.2) is 44.4 Å². The fourth-order valence-corrected chi connectivity index (χ4v) is 2.00. The molecule has 2 rings (SSSR count). The number of ether oxygens (including phenoxy) is 2. The SMILES string of the molecule is C=CC(=C)c1ccc(OCCN2CCOCC2)cc1. The van der Waals surface area contributed by atoms with Crippen LogP contribution in [0, 0.1) is 0 Å². The summed E-state index contributed by atoms with van der Waals surface area (Å²) in [5.74, 6) is 0.897. The smallest absolute Gasteiger partial charge is 0.119 e. The van der Waals surface area contributed by atoms with E-state index in [1.807, 2.05) is 24.3 Å². The summed E-state index contributed by atoms with van der Waals surface area (Å²) in [7, 11) is 0. The Labute approximate surface area is 115 Å². The van der Waals surface area contributed by atoms with Gasteiger partial charge in [-0.25, -0.2) is 0 Å². The number of allylic oxidation sites excluding steroid dienone is 2. The monoisotopic (exact) mass is 259 g/mol. The second-order valence-electron chi connectivity index (χ2n) is 4.56. The van der Waals surface area contributed by atoms with Crippen molar-refractivity contribution in [1.82, 2.24) is 4.90 Å². The number of morpholine rings is 1. The van der Waals surface area contributed by atoms with Crippen molar-refractivity contribution in [3.63, 3.8) is 0 Å². The van der Waals surface area contributed by atoms with Gasteiger partial charge in [-0.05, 0) is 23.3 Å². The van der Waals surface area contributed by atoms with Crippen LogP contribution in [0.25, 0.3) is 5.57 Å². The molecule has 1 aromatic carbocycles. The summed E-state index contributed by atoms with van der Waals surface area (Å²) in [6, 6.07) is 7.97. The largest absolute Gasteiger partial charge is 0.492 e. The number of rotatable bonds is 6. The first-order chi connectivity index (χ1) is 9.29. The molecular formula is C16H21NO2. The summed E-state index contributed by atoms with van der Waals surface area (Å²) >= 11 is 0. The van der Waals surface area contributed by atoms with Gasteiger partial charge in [0.2, 0.25) is 0 Å². The van der Waals surface area contributed by atoms with Gasteiger partial charge in [0, 0.05) is 19.6 Å². The highest BCUT2D eigenvalue weighted by Gasteiger charge is 2.09. The van der Waals surface area contributed by atoms with Gasteiger partial charge in [0.1, 0.15) is 12.4 Å². The molecule has 1 aliphatic heterocycles. The second-order valence-corrected chi connectivity index (χ2v) is 4.56. The Morgan fingerprint density at radius 2 is 1.95 bits per heavy atom. The van der Waals surface area contributed by atoms with Crippen LogP contribution in [0.4, 0.5) is 0 Å². The maximum absolute atomic E-state index is 5.74. The van der Waals surface area contributed by atoms with E-state index < -0.39 is 0 Å². The zero-order valence-corrected chi connectivity index (χ0v) is 11.3. The lowest BCUT2D eigenvalue weighted by atomic mass is 10.1. The van der Waals surface area contributed by atoms with Crippen molar-refractivity contribution in [2.45, 2.75) is 0 Å². The quantitative estimate of drug-likeness (QED) is 0.733. The third-order valence-corrected chi connectivity index (χ3v) is 3.25. The summed E-state index contributed by atoms with van der Waals surface area (Å²) in [5, 5.41) is 0. The topological polar surface area (TPSA) is 21.7 Å². The van der Waals surface area contributed by atoms with Gasteiger partial charge in [-0.2, -0.15) is 0 Å². The van der Waals surface area contributed by atoms with Crippen molar-refractivity contribution < 1.29 is 9.47 Å². The molecule has 0 spiro atoms. The van der Waals surface area contributed by atoms with Gasteiger partial charge in [0.05, 0.1) is 13.2 Å². The fraction of sp³-hybridized carbons (Fsp3) is 0.375. The number of benzene rings is 1. The Hall–Kier alpha value is -1.58. The predicted molar refractivity (Wildman–Crippen MR) is 78.4 cm³/mol. The second kappa shape index (κ2) is 7.12. The first-order valence-corrected chi connectivity index (χ1v) is 6.64. The maximum Gasteiger partial charge on any atom is 0.119 e. The van der Waals surface area contributed by atoms with Crippen molar-refractivity contribution in [2.24, 2.45) is 0 Å². The lowest BCUT2D eigenvalue weighted by molar-refractivity contribution is 0.0322. The Bertz CT molecular complexity index is 419. The Morgan fingerprint density at radius 1 is 1.26 bits per heavy atom. The van der Waals surface area contributed by atoms with Crippen LogP contribution in [0.5, 0.6) is 5.75 Å². The maximum atomic E-state index is 5.74. The molecule has 0 amide bonds. The van der Waals surface area contributed by atoms with Crippen molar-refractivity contribution >= 4 is 5.57 Å².